The maximum atomic E-state index is 6.72. The molecule has 0 aromatic rings. The zero-order valence-corrected chi connectivity index (χ0v) is 5.18. The maximum Gasteiger partial charge on any atom is 0.0308 e. The Hall–Kier alpha value is -0.920. The molecule has 0 radical (unpaired) electrons. The summed E-state index contributed by atoms with van der Waals surface area (Å²) in [6.45, 7) is 3.67. The van der Waals surface area contributed by atoms with Gasteiger partial charge in [0.15, 0.2) is 0 Å². The molecule has 0 unspecified atom stereocenters. The summed E-state index contributed by atoms with van der Waals surface area (Å²) in [5, 5.41) is 6.72. The van der Waals surface area contributed by atoms with Crippen LogP contribution in [-0.4, -0.2) is 12.4 Å². The van der Waals surface area contributed by atoms with Crippen LogP contribution in [0.4, 0.5) is 0 Å². The van der Waals surface area contributed by atoms with Crippen molar-refractivity contribution in [3.8, 4) is 0 Å². The molecule has 0 bridgehead atoms. The molecule has 1 N–H and O–H groups in total. The zero-order valence-electron chi connectivity index (χ0n) is 5.18. The molecule has 0 amide bonds. The molecular formula is C6H10N2. The van der Waals surface area contributed by atoms with Gasteiger partial charge >= 0.3 is 0 Å². The Morgan fingerprint density at radius 1 is 1.62 bits per heavy atom. The first-order valence-corrected chi connectivity index (χ1v) is 2.46. The summed E-state index contributed by atoms with van der Waals surface area (Å²) in [5.41, 5.74) is 0.864. The third-order valence-electron chi connectivity index (χ3n) is 0.655. The van der Waals surface area contributed by atoms with E-state index in [0.29, 0.717) is 0 Å². The summed E-state index contributed by atoms with van der Waals surface area (Å²) in [6.07, 6.45) is 4.60. The van der Waals surface area contributed by atoms with Gasteiger partial charge in [0.25, 0.3) is 0 Å². The highest BCUT2D eigenvalue weighted by Gasteiger charge is 1.72. The van der Waals surface area contributed by atoms with Gasteiger partial charge in [0, 0.05) is 18.6 Å². The van der Waals surface area contributed by atoms with Crippen molar-refractivity contribution in [2.75, 3.05) is 0 Å². The zero-order chi connectivity index (χ0) is 6.41. The number of rotatable bonds is 2. The quantitative estimate of drug-likeness (QED) is 0.524. The lowest BCUT2D eigenvalue weighted by atomic mass is 10.4. The molecule has 0 aliphatic rings. The lowest BCUT2D eigenvalue weighted by molar-refractivity contribution is 1.44. The molecule has 0 aromatic heterocycles. The van der Waals surface area contributed by atoms with Crippen molar-refractivity contribution in [1.29, 1.82) is 5.41 Å². The van der Waals surface area contributed by atoms with Crippen LogP contribution >= 0.6 is 0 Å². The molecule has 0 atom stereocenters. The fourth-order valence-corrected chi connectivity index (χ4v) is 0.229. The van der Waals surface area contributed by atoms with Crippen molar-refractivity contribution in [2.24, 2.45) is 4.99 Å². The molecule has 0 aliphatic carbocycles. The number of nitrogens with one attached hydrogen (secondary N) is 1. The van der Waals surface area contributed by atoms with Crippen LogP contribution in [0.1, 0.15) is 13.8 Å². The second kappa shape index (κ2) is 4.24. The largest absolute Gasteiger partial charge is 0.308 e. The van der Waals surface area contributed by atoms with Crippen molar-refractivity contribution in [2.45, 2.75) is 13.8 Å². The highest BCUT2D eigenvalue weighted by atomic mass is 14.7. The Bertz CT molecular complexity index is 122. The highest BCUT2D eigenvalue weighted by Crippen LogP contribution is 1.84. The van der Waals surface area contributed by atoms with Gasteiger partial charge in [-0.2, -0.15) is 0 Å². The molecule has 0 heterocycles. The molecule has 2 heteroatoms. The highest BCUT2D eigenvalue weighted by molar-refractivity contribution is 5.74. The van der Waals surface area contributed by atoms with Crippen molar-refractivity contribution in [1.82, 2.24) is 0 Å². The van der Waals surface area contributed by atoms with Crippen molar-refractivity contribution >= 4 is 12.4 Å². The smallest absolute Gasteiger partial charge is 0.0308 e. The van der Waals surface area contributed by atoms with Gasteiger partial charge in [0.05, 0.1) is 0 Å². The molecule has 0 saturated carbocycles. The van der Waals surface area contributed by atoms with Gasteiger partial charge < -0.3 is 5.41 Å². The van der Waals surface area contributed by atoms with E-state index in [1.54, 1.807) is 12.4 Å². The van der Waals surface area contributed by atoms with E-state index < -0.39 is 0 Å². The lowest BCUT2D eigenvalue weighted by Crippen LogP contribution is -1.71. The molecular weight excluding hydrogens is 100 g/mol. The van der Waals surface area contributed by atoms with Crippen LogP contribution in [0.15, 0.2) is 16.8 Å². The predicted octanol–water partition coefficient (Wildman–Crippen LogP) is 1.63. The Labute approximate surface area is 49.5 Å². The van der Waals surface area contributed by atoms with E-state index in [-0.39, 0.29) is 0 Å². The fraction of sp³-hybridized carbons (Fsp3) is 0.333. The Morgan fingerprint density at radius 2 is 2.25 bits per heavy atom. The summed E-state index contributed by atoms with van der Waals surface area (Å²) in [5.74, 6) is 0. The molecule has 0 spiro atoms. The Morgan fingerprint density at radius 3 is 2.62 bits per heavy atom. The van der Waals surface area contributed by atoms with Crippen LogP contribution in [0, 0.1) is 5.41 Å². The van der Waals surface area contributed by atoms with E-state index in [2.05, 4.69) is 4.99 Å². The van der Waals surface area contributed by atoms with Crippen LogP contribution in [0.3, 0.4) is 0 Å². The van der Waals surface area contributed by atoms with Crippen LogP contribution in [0.5, 0.6) is 0 Å². The molecule has 0 rings (SSSR count). The van der Waals surface area contributed by atoms with Crippen LogP contribution < -0.4 is 0 Å². The molecule has 44 valence electrons. The van der Waals surface area contributed by atoms with Gasteiger partial charge in [-0.3, -0.25) is 4.99 Å². The number of hydrogen-bond donors (Lipinski definition) is 1. The first-order valence-electron chi connectivity index (χ1n) is 2.46. The van der Waals surface area contributed by atoms with E-state index in [4.69, 9.17) is 5.41 Å². The number of allylic oxidation sites excluding steroid dienone is 1. The number of aliphatic imine (C=N–C) groups is 1. The lowest BCUT2D eigenvalue weighted by Gasteiger charge is -1.79. The van der Waals surface area contributed by atoms with Crippen molar-refractivity contribution < 1.29 is 0 Å². The molecule has 0 saturated heterocycles. The SMILES string of the molecule is C/C=N\C=C(\C)C=N. The van der Waals surface area contributed by atoms with E-state index in [0.717, 1.165) is 5.57 Å². The van der Waals surface area contributed by atoms with Crippen LogP contribution in [0.2, 0.25) is 0 Å². The van der Waals surface area contributed by atoms with E-state index in [1.807, 2.05) is 13.8 Å². The van der Waals surface area contributed by atoms with E-state index >= 15 is 0 Å². The molecule has 0 aromatic carbocycles. The minimum atomic E-state index is 0.864. The van der Waals surface area contributed by atoms with E-state index in [1.165, 1.54) is 6.21 Å². The Kier molecular flexibility index (Phi) is 3.76. The van der Waals surface area contributed by atoms with Gasteiger partial charge in [-0.25, -0.2) is 0 Å². The van der Waals surface area contributed by atoms with Gasteiger partial charge in [-0.1, -0.05) is 0 Å². The number of nitrogens with zero attached hydrogens (tertiary/aromatic N) is 1. The second-order valence-corrected chi connectivity index (χ2v) is 1.42. The average Bonchev–Trinajstić information content (AvgIpc) is 1.83. The molecule has 2 nitrogen and oxygen atoms in total. The average molecular weight is 110 g/mol. The summed E-state index contributed by atoms with van der Waals surface area (Å²) in [4.78, 5) is 3.80. The molecule has 8 heavy (non-hydrogen) atoms. The van der Waals surface area contributed by atoms with E-state index in [9.17, 15) is 0 Å². The van der Waals surface area contributed by atoms with Gasteiger partial charge in [0.2, 0.25) is 0 Å². The minimum Gasteiger partial charge on any atom is -0.308 e. The normalized spacial score (nSPS) is 12.5. The third-order valence-corrected chi connectivity index (χ3v) is 0.655. The number of hydrogen-bond acceptors (Lipinski definition) is 2. The molecule has 0 fully saturated rings. The second-order valence-electron chi connectivity index (χ2n) is 1.42. The standard InChI is InChI=1S/C6H10N2/c1-3-8-5-6(2)4-7/h3-5,7H,1-2H3/b6-5-,7-4?,8-3-. The molecule has 0 aliphatic heterocycles. The summed E-state index contributed by atoms with van der Waals surface area (Å²) in [6, 6.07) is 0. The topological polar surface area (TPSA) is 36.2 Å². The maximum absolute atomic E-state index is 6.72. The summed E-state index contributed by atoms with van der Waals surface area (Å²) < 4.78 is 0. The minimum absolute atomic E-state index is 0.864. The van der Waals surface area contributed by atoms with Crippen molar-refractivity contribution in [3.63, 3.8) is 0 Å². The van der Waals surface area contributed by atoms with Crippen molar-refractivity contribution in [3.05, 3.63) is 11.8 Å². The Balaban J connectivity index is 3.74. The van der Waals surface area contributed by atoms with Gasteiger partial charge in [0.1, 0.15) is 0 Å². The summed E-state index contributed by atoms with van der Waals surface area (Å²) in [7, 11) is 0. The monoisotopic (exact) mass is 110 g/mol. The third kappa shape index (κ3) is 3.28. The van der Waals surface area contributed by atoms with Gasteiger partial charge in [-0.15, -0.1) is 0 Å². The van der Waals surface area contributed by atoms with Crippen LogP contribution in [0.25, 0.3) is 0 Å². The van der Waals surface area contributed by atoms with Gasteiger partial charge in [-0.05, 0) is 19.4 Å². The first kappa shape index (κ1) is 7.08. The fourth-order valence-electron chi connectivity index (χ4n) is 0.229. The first-order chi connectivity index (χ1) is 3.81. The predicted molar refractivity (Wildman–Crippen MR) is 36.7 cm³/mol. The summed E-state index contributed by atoms with van der Waals surface area (Å²) >= 11 is 0. The van der Waals surface area contributed by atoms with Crippen LogP contribution in [-0.2, 0) is 0 Å².